The Morgan fingerprint density at radius 1 is 1.00 bits per heavy atom. The van der Waals surface area contributed by atoms with E-state index >= 15 is 0 Å². The molecule has 0 N–H and O–H groups in total. The monoisotopic (exact) mass is 232 g/mol. The highest BCUT2D eigenvalue weighted by molar-refractivity contribution is 7.99. The molecule has 0 aliphatic heterocycles. The molecule has 0 heterocycles. The molecule has 0 atom stereocenters. The van der Waals surface area contributed by atoms with Gasteiger partial charge >= 0.3 is 0 Å². The molecule has 0 aromatic rings. The third kappa shape index (κ3) is 22.4. The Hall–Kier alpha value is 0.890. The fourth-order valence-corrected chi connectivity index (χ4v) is 1.49. The summed E-state index contributed by atoms with van der Waals surface area (Å²) >= 11 is 12.5. The molecule has 4 heteroatoms. The molecule has 0 radical (unpaired) electrons. The molecule has 76 valence electrons. The molecule has 1 nitrogen and oxygen atoms in total. The Morgan fingerprint density at radius 2 is 1.42 bits per heavy atom. The number of halogens is 2. The highest BCUT2D eigenvalue weighted by Crippen LogP contribution is 1.99. The van der Waals surface area contributed by atoms with Crippen molar-refractivity contribution in [1.82, 2.24) is 0 Å². The van der Waals surface area contributed by atoms with E-state index < -0.39 is 0 Å². The van der Waals surface area contributed by atoms with E-state index in [9.17, 15) is 0 Å². The SMILES string of the molecule is CCOCC.ClCCSCCCl. The van der Waals surface area contributed by atoms with E-state index in [4.69, 9.17) is 27.9 Å². The van der Waals surface area contributed by atoms with Crippen molar-refractivity contribution in [2.45, 2.75) is 13.8 Å². The van der Waals surface area contributed by atoms with Crippen molar-refractivity contribution < 1.29 is 4.74 Å². The summed E-state index contributed by atoms with van der Waals surface area (Å²) in [5, 5.41) is 0. The number of rotatable bonds is 6. The van der Waals surface area contributed by atoms with Gasteiger partial charge in [-0.05, 0) is 13.8 Å². The summed E-state index contributed by atoms with van der Waals surface area (Å²) in [5.41, 5.74) is 0. The van der Waals surface area contributed by atoms with Crippen LogP contribution >= 0.6 is 35.0 Å². The van der Waals surface area contributed by atoms with E-state index in [2.05, 4.69) is 0 Å². The molecular weight excluding hydrogens is 215 g/mol. The predicted molar refractivity (Wildman–Crippen MR) is 60.9 cm³/mol. The summed E-state index contributed by atoms with van der Waals surface area (Å²) in [4.78, 5) is 0. The number of ether oxygens (including phenoxy) is 1. The van der Waals surface area contributed by atoms with Gasteiger partial charge in [-0.15, -0.1) is 23.2 Å². The van der Waals surface area contributed by atoms with Crippen LogP contribution in [0.2, 0.25) is 0 Å². The molecule has 0 aromatic heterocycles. The molecule has 0 saturated carbocycles. The van der Waals surface area contributed by atoms with E-state index in [1.807, 2.05) is 13.8 Å². The van der Waals surface area contributed by atoms with Crippen molar-refractivity contribution >= 4 is 35.0 Å². The summed E-state index contributed by atoms with van der Waals surface area (Å²) in [6.45, 7) is 5.67. The molecule has 0 aromatic carbocycles. The maximum Gasteiger partial charge on any atom is 0.0437 e. The molecular formula is C8H18Cl2OS. The van der Waals surface area contributed by atoms with Crippen molar-refractivity contribution in [2.24, 2.45) is 0 Å². The second-order valence-corrected chi connectivity index (χ2v) is 3.75. The Morgan fingerprint density at radius 3 is 1.58 bits per heavy atom. The first kappa shape index (κ1) is 15.4. The van der Waals surface area contributed by atoms with Gasteiger partial charge in [0.25, 0.3) is 0 Å². The lowest BCUT2D eigenvalue weighted by molar-refractivity contribution is 0.162. The molecule has 0 saturated heterocycles. The zero-order valence-electron chi connectivity index (χ0n) is 7.82. The summed E-state index contributed by atoms with van der Waals surface area (Å²) < 4.78 is 4.83. The highest BCUT2D eigenvalue weighted by atomic mass is 35.5. The van der Waals surface area contributed by atoms with E-state index in [1.165, 1.54) is 0 Å². The van der Waals surface area contributed by atoms with Crippen LogP contribution in [0.3, 0.4) is 0 Å². The van der Waals surface area contributed by atoms with E-state index in [-0.39, 0.29) is 0 Å². The van der Waals surface area contributed by atoms with Crippen molar-refractivity contribution in [2.75, 3.05) is 36.5 Å². The first-order chi connectivity index (χ1) is 5.83. The van der Waals surface area contributed by atoms with Crippen LogP contribution in [0.1, 0.15) is 13.8 Å². The first-order valence-corrected chi connectivity index (χ1v) is 6.33. The van der Waals surface area contributed by atoms with Gasteiger partial charge in [0, 0.05) is 36.5 Å². The van der Waals surface area contributed by atoms with Gasteiger partial charge in [-0.25, -0.2) is 0 Å². The second-order valence-electron chi connectivity index (χ2n) is 1.77. The van der Waals surface area contributed by atoms with Crippen LogP contribution < -0.4 is 0 Å². The molecule has 0 unspecified atom stereocenters. The van der Waals surface area contributed by atoms with Gasteiger partial charge in [-0.3, -0.25) is 0 Å². The standard InChI is InChI=1S/C4H8Cl2S.C4H10O/c5-1-3-7-4-2-6;1-3-5-4-2/h1-4H2;3-4H2,1-2H3. The van der Waals surface area contributed by atoms with Gasteiger partial charge in [0.05, 0.1) is 0 Å². The van der Waals surface area contributed by atoms with Crippen LogP contribution in [0.15, 0.2) is 0 Å². The van der Waals surface area contributed by atoms with Gasteiger partial charge < -0.3 is 4.74 Å². The maximum atomic E-state index is 5.37. The Labute approximate surface area is 90.1 Å². The molecule has 0 rings (SSSR count). The van der Waals surface area contributed by atoms with Crippen LogP contribution in [0.25, 0.3) is 0 Å². The number of hydrogen-bond donors (Lipinski definition) is 0. The molecule has 0 spiro atoms. The lowest BCUT2D eigenvalue weighted by Gasteiger charge is -1.89. The van der Waals surface area contributed by atoms with Crippen LogP contribution in [-0.4, -0.2) is 36.5 Å². The van der Waals surface area contributed by atoms with Crippen molar-refractivity contribution in [1.29, 1.82) is 0 Å². The van der Waals surface area contributed by atoms with Gasteiger partial charge in [-0.1, -0.05) is 0 Å². The normalized spacial score (nSPS) is 9.00. The first-order valence-electron chi connectivity index (χ1n) is 4.10. The van der Waals surface area contributed by atoms with Gasteiger partial charge in [0.2, 0.25) is 0 Å². The molecule has 0 amide bonds. The van der Waals surface area contributed by atoms with Crippen LogP contribution in [0, 0.1) is 0 Å². The fraction of sp³-hybridized carbons (Fsp3) is 1.00. The quantitative estimate of drug-likeness (QED) is 0.514. The van der Waals surface area contributed by atoms with Crippen molar-refractivity contribution in [3.63, 3.8) is 0 Å². The van der Waals surface area contributed by atoms with Gasteiger partial charge in [0.1, 0.15) is 0 Å². The van der Waals surface area contributed by atoms with E-state index in [0.29, 0.717) is 0 Å². The maximum absolute atomic E-state index is 5.37. The molecule has 12 heavy (non-hydrogen) atoms. The largest absolute Gasteiger partial charge is 0.382 e. The lowest BCUT2D eigenvalue weighted by Crippen LogP contribution is -1.84. The zero-order chi connectivity index (χ0) is 9.66. The third-order valence-corrected chi connectivity index (χ3v) is 2.66. The summed E-state index contributed by atoms with van der Waals surface area (Å²) in [7, 11) is 0. The van der Waals surface area contributed by atoms with Crippen LogP contribution in [-0.2, 0) is 4.74 Å². The minimum absolute atomic E-state index is 0.738. The number of alkyl halides is 2. The van der Waals surface area contributed by atoms with Gasteiger partial charge in [-0.2, -0.15) is 11.8 Å². The number of thioether (sulfide) groups is 1. The summed E-state index contributed by atoms with van der Waals surface area (Å²) in [6, 6.07) is 0. The fourth-order valence-electron chi connectivity index (χ4n) is 0.415. The van der Waals surface area contributed by atoms with E-state index in [0.717, 1.165) is 36.5 Å². The van der Waals surface area contributed by atoms with E-state index in [1.54, 1.807) is 11.8 Å². The minimum atomic E-state index is 0.738. The summed E-state index contributed by atoms with van der Waals surface area (Å²) in [5.74, 6) is 3.52. The molecule has 0 aliphatic carbocycles. The third-order valence-electron chi connectivity index (χ3n) is 0.851. The number of hydrogen-bond acceptors (Lipinski definition) is 2. The lowest BCUT2D eigenvalue weighted by atomic mass is 10.8. The zero-order valence-corrected chi connectivity index (χ0v) is 10.1. The Bertz CT molecular complexity index is 59.0. The predicted octanol–water partition coefficient (Wildman–Crippen LogP) is 3.24. The van der Waals surface area contributed by atoms with Crippen LogP contribution in [0.5, 0.6) is 0 Å². The van der Waals surface area contributed by atoms with Crippen LogP contribution in [0.4, 0.5) is 0 Å². The van der Waals surface area contributed by atoms with Gasteiger partial charge in [0.15, 0.2) is 0 Å². The summed E-state index contributed by atoms with van der Waals surface area (Å²) in [6.07, 6.45) is 0. The smallest absolute Gasteiger partial charge is 0.0437 e. The average Bonchev–Trinajstić information content (AvgIpc) is 2.08. The van der Waals surface area contributed by atoms with Crippen molar-refractivity contribution in [3.05, 3.63) is 0 Å². The Balaban J connectivity index is 0. The minimum Gasteiger partial charge on any atom is -0.382 e. The molecule has 0 bridgehead atoms. The molecule has 0 aliphatic rings. The second kappa shape index (κ2) is 17.8. The molecule has 0 fully saturated rings. The Kier molecular flexibility index (Phi) is 22.8. The average molecular weight is 233 g/mol. The highest BCUT2D eigenvalue weighted by Gasteiger charge is 1.82. The topological polar surface area (TPSA) is 9.23 Å². The van der Waals surface area contributed by atoms with Crippen molar-refractivity contribution in [3.8, 4) is 0 Å².